The molecule has 2 aromatic heterocycles. The Labute approximate surface area is 207 Å². The average molecular weight is 519 g/mol. The summed E-state index contributed by atoms with van der Waals surface area (Å²) in [6.45, 7) is 0. The summed E-state index contributed by atoms with van der Waals surface area (Å²) >= 11 is 5.60. The van der Waals surface area contributed by atoms with Gasteiger partial charge in [0.05, 0.1) is 10.6 Å². The summed E-state index contributed by atoms with van der Waals surface area (Å²) in [5.41, 5.74) is 0.794. The molecule has 4 amide bonds. The van der Waals surface area contributed by atoms with Gasteiger partial charge < -0.3 is 16.0 Å². The molecule has 0 fully saturated rings. The zero-order valence-electron chi connectivity index (χ0n) is 18.8. The highest BCUT2D eigenvalue weighted by molar-refractivity contribution is 6.31. The number of benzene rings is 2. The maximum atomic E-state index is 13.0. The molecule has 2 heterocycles. The van der Waals surface area contributed by atoms with E-state index in [4.69, 9.17) is 11.6 Å². The first-order valence-electron chi connectivity index (χ1n) is 10.3. The van der Waals surface area contributed by atoms with E-state index in [0.717, 1.165) is 12.1 Å². The number of nitrogens with one attached hydrogen (secondary N) is 3. The van der Waals surface area contributed by atoms with Crippen molar-refractivity contribution in [2.75, 3.05) is 29.6 Å². The molecule has 4 rings (SSSR count). The fourth-order valence-corrected chi connectivity index (χ4v) is 3.56. The number of fused-ring (bicyclic) bond motifs is 1. The van der Waals surface area contributed by atoms with Crippen molar-refractivity contribution in [2.45, 2.75) is 6.18 Å². The van der Waals surface area contributed by atoms with Gasteiger partial charge in [-0.05, 0) is 42.5 Å². The molecule has 0 radical (unpaired) electrons. The maximum absolute atomic E-state index is 13.0. The SMILES string of the molecule is CNC(=O)N(C)c1ncnc2c1ncn2-c1ccc(NC(=O)Nc2ccc(Cl)c(C(F)(F)F)c2)cc1. The lowest BCUT2D eigenvalue weighted by atomic mass is 10.2. The lowest BCUT2D eigenvalue weighted by Crippen LogP contribution is -2.35. The van der Waals surface area contributed by atoms with E-state index in [9.17, 15) is 22.8 Å². The van der Waals surface area contributed by atoms with Crippen LogP contribution < -0.4 is 20.9 Å². The van der Waals surface area contributed by atoms with Crippen LogP contribution in [0.5, 0.6) is 0 Å². The van der Waals surface area contributed by atoms with Crippen molar-refractivity contribution in [3.05, 3.63) is 65.7 Å². The van der Waals surface area contributed by atoms with E-state index in [-0.39, 0.29) is 11.7 Å². The predicted molar refractivity (Wildman–Crippen MR) is 129 cm³/mol. The second-order valence-electron chi connectivity index (χ2n) is 7.42. The lowest BCUT2D eigenvalue weighted by molar-refractivity contribution is -0.137. The van der Waals surface area contributed by atoms with Crippen molar-refractivity contribution >= 4 is 52.0 Å². The van der Waals surface area contributed by atoms with Crippen LogP contribution in [0, 0.1) is 0 Å². The van der Waals surface area contributed by atoms with Gasteiger partial charge in [0, 0.05) is 31.2 Å². The van der Waals surface area contributed by atoms with Gasteiger partial charge in [0.1, 0.15) is 12.7 Å². The Balaban J connectivity index is 1.50. The molecule has 0 saturated carbocycles. The Morgan fingerprint density at radius 2 is 1.67 bits per heavy atom. The first-order valence-corrected chi connectivity index (χ1v) is 10.6. The smallest absolute Gasteiger partial charge is 0.341 e. The summed E-state index contributed by atoms with van der Waals surface area (Å²) in [5.74, 6) is 0.323. The minimum absolute atomic E-state index is 0.0667. The third kappa shape index (κ3) is 5.00. The third-order valence-corrected chi connectivity index (χ3v) is 5.41. The molecular weight excluding hydrogens is 501 g/mol. The molecule has 14 heteroatoms. The van der Waals surface area contributed by atoms with Gasteiger partial charge in [0.2, 0.25) is 0 Å². The Hall–Kier alpha value is -4.39. The number of urea groups is 2. The van der Waals surface area contributed by atoms with Crippen molar-refractivity contribution in [3.8, 4) is 5.69 Å². The number of rotatable bonds is 4. The topological polar surface area (TPSA) is 117 Å². The molecule has 10 nitrogen and oxygen atoms in total. The molecule has 3 N–H and O–H groups in total. The fraction of sp³-hybridized carbons (Fsp3) is 0.136. The van der Waals surface area contributed by atoms with E-state index in [2.05, 4.69) is 30.9 Å². The predicted octanol–water partition coefficient (Wildman–Crippen LogP) is 4.91. The Morgan fingerprint density at radius 3 is 2.33 bits per heavy atom. The minimum atomic E-state index is -4.65. The molecule has 4 aromatic rings. The number of hydrogen-bond acceptors (Lipinski definition) is 5. The van der Waals surface area contributed by atoms with Gasteiger partial charge in [-0.25, -0.2) is 24.5 Å². The van der Waals surface area contributed by atoms with Gasteiger partial charge in [-0.15, -0.1) is 0 Å². The monoisotopic (exact) mass is 518 g/mol. The molecule has 0 spiro atoms. The normalized spacial score (nSPS) is 11.3. The number of aromatic nitrogens is 4. The third-order valence-electron chi connectivity index (χ3n) is 5.08. The van der Waals surface area contributed by atoms with E-state index in [0.29, 0.717) is 28.4 Å². The molecule has 0 unspecified atom stereocenters. The molecular formula is C22H18ClF3N8O2. The highest BCUT2D eigenvalue weighted by atomic mass is 35.5. The van der Waals surface area contributed by atoms with E-state index < -0.39 is 22.8 Å². The number of carbonyl (C=O) groups excluding carboxylic acids is 2. The molecule has 186 valence electrons. The molecule has 0 aliphatic carbocycles. The number of carbonyl (C=O) groups is 2. The molecule has 36 heavy (non-hydrogen) atoms. The summed E-state index contributed by atoms with van der Waals surface area (Å²) in [5, 5.41) is 6.95. The fourth-order valence-electron chi connectivity index (χ4n) is 3.34. The molecule has 0 bridgehead atoms. The molecule has 0 aliphatic heterocycles. The summed E-state index contributed by atoms with van der Waals surface area (Å²) < 4.78 is 40.8. The summed E-state index contributed by atoms with van der Waals surface area (Å²) in [7, 11) is 3.06. The van der Waals surface area contributed by atoms with Crippen molar-refractivity contribution in [1.82, 2.24) is 24.8 Å². The van der Waals surface area contributed by atoms with Crippen LogP contribution in [0.15, 0.2) is 55.1 Å². The standard InChI is InChI=1S/C22H18ClF3N8O2/c1-27-21(36)33(2)18-17-19(29-10-28-18)34(11-30-17)14-6-3-12(4-7-14)31-20(35)32-13-5-8-16(23)15(9-13)22(24,25)26/h3-11H,1-2H3,(H,27,36)(H2,31,32,35). The lowest BCUT2D eigenvalue weighted by Gasteiger charge is -2.15. The summed E-state index contributed by atoms with van der Waals surface area (Å²) in [6.07, 6.45) is -1.81. The van der Waals surface area contributed by atoms with Gasteiger partial charge >= 0.3 is 18.2 Å². The number of nitrogens with zero attached hydrogens (tertiary/aromatic N) is 5. The second-order valence-corrected chi connectivity index (χ2v) is 7.82. The van der Waals surface area contributed by atoms with E-state index in [1.54, 1.807) is 35.9 Å². The van der Waals surface area contributed by atoms with Crippen LogP contribution >= 0.6 is 11.6 Å². The average Bonchev–Trinajstić information content (AvgIpc) is 3.28. The zero-order chi connectivity index (χ0) is 26.0. The second kappa shape index (κ2) is 9.70. The highest BCUT2D eigenvalue weighted by Gasteiger charge is 2.33. The highest BCUT2D eigenvalue weighted by Crippen LogP contribution is 2.36. The van der Waals surface area contributed by atoms with Crippen LogP contribution in [-0.2, 0) is 6.18 Å². The van der Waals surface area contributed by atoms with Crippen LogP contribution in [0.25, 0.3) is 16.9 Å². The van der Waals surface area contributed by atoms with Crippen molar-refractivity contribution in [1.29, 1.82) is 0 Å². The van der Waals surface area contributed by atoms with E-state index >= 15 is 0 Å². The zero-order valence-corrected chi connectivity index (χ0v) is 19.5. The Bertz CT molecular complexity index is 1440. The van der Waals surface area contributed by atoms with E-state index in [1.807, 2.05) is 0 Å². The number of alkyl halides is 3. The molecule has 0 saturated heterocycles. The summed E-state index contributed by atoms with van der Waals surface area (Å²) in [6, 6.07) is 8.55. The van der Waals surface area contributed by atoms with Gasteiger partial charge in [0.25, 0.3) is 0 Å². The van der Waals surface area contributed by atoms with Crippen LogP contribution in [0.2, 0.25) is 5.02 Å². The first-order chi connectivity index (χ1) is 17.1. The molecule has 2 aromatic carbocycles. The van der Waals surface area contributed by atoms with Crippen molar-refractivity contribution < 1.29 is 22.8 Å². The van der Waals surface area contributed by atoms with Crippen molar-refractivity contribution in [2.24, 2.45) is 0 Å². The van der Waals surface area contributed by atoms with E-state index in [1.165, 1.54) is 30.7 Å². The van der Waals surface area contributed by atoms with Gasteiger partial charge in [0.15, 0.2) is 17.0 Å². The number of imidazole rings is 1. The van der Waals surface area contributed by atoms with Crippen LogP contribution in [0.4, 0.5) is 40.0 Å². The first kappa shape index (κ1) is 24.7. The largest absolute Gasteiger partial charge is 0.417 e. The minimum Gasteiger partial charge on any atom is -0.341 e. The Morgan fingerprint density at radius 1 is 1.00 bits per heavy atom. The van der Waals surface area contributed by atoms with Crippen LogP contribution in [0.1, 0.15) is 5.56 Å². The van der Waals surface area contributed by atoms with Gasteiger partial charge in [-0.2, -0.15) is 13.2 Å². The van der Waals surface area contributed by atoms with Crippen molar-refractivity contribution in [3.63, 3.8) is 0 Å². The quantitative estimate of drug-likeness (QED) is 0.355. The number of hydrogen-bond donors (Lipinski definition) is 3. The summed E-state index contributed by atoms with van der Waals surface area (Å²) in [4.78, 5) is 38.3. The number of halogens is 4. The molecule has 0 atom stereocenters. The van der Waals surface area contributed by atoms with Gasteiger partial charge in [-0.3, -0.25) is 9.47 Å². The van der Waals surface area contributed by atoms with Crippen LogP contribution in [0.3, 0.4) is 0 Å². The molecule has 0 aliphatic rings. The van der Waals surface area contributed by atoms with Gasteiger partial charge in [-0.1, -0.05) is 11.6 Å². The number of amides is 4. The number of anilines is 3. The maximum Gasteiger partial charge on any atom is 0.417 e. The Kier molecular flexibility index (Phi) is 6.66. The van der Waals surface area contributed by atoms with Crippen LogP contribution in [-0.4, -0.2) is 45.7 Å².